The molecule has 0 amide bonds. The van der Waals surface area contributed by atoms with Crippen LogP contribution in [0.4, 0.5) is 8.78 Å². The molecule has 1 aromatic carbocycles. The molecule has 0 spiro atoms. The minimum Gasteiger partial charge on any atom is -0.490 e. The topological polar surface area (TPSA) is 54.0 Å². The average molecular weight is 491 g/mol. The summed E-state index contributed by atoms with van der Waals surface area (Å²) in [5.41, 5.74) is -1.31. The smallest absolute Gasteiger partial charge is 0.331 e. The number of halogens is 2. The van der Waals surface area contributed by atoms with Crippen LogP contribution in [0.1, 0.15) is 80.1 Å². The van der Waals surface area contributed by atoms with Crippen molar-refractivity contribution in [2.24, 2.45) is 0 Å². The van der Waals surface area contributed by atoms with Crippen LogP contribution in [0, 0.1) is 11.6 Å². The van der Waals surface area contributed by atoms with Crippen LogP contribution in [-0.2, 0) is 13.6 Å². The Kier molecular flexibility index (Phi) is 12.1. The maximum Gasteiger partial charge on any atom is 0.331 e. The van der Waals surface area contributed by atoms with Crippen molar-refractivity contribution in [3.8, 4) is 11.5 Å². The number of hydrogen-bond acceptors (Lipinski definition) is 5. The molecule has 0 aliphatic heterocycles. The van der Waals surface area contributed by atoms with Crippen molar-refractivity contribution in [3.63, 3.8) is 0 Å². The molecular formula is C25H41F2O5P. The van der Waals surface area contributed by atoms with Crippen molar-refractivity contribution in [2.45, 2.75) is 91.3 Å². The SMILES string of the molecule is C=CCCCCCCOc1ccc(OCCCP(=O)(OC(C)(C)C)OC(C)(C)C)c(F)c1F. The highest BCUT2D eigenvalue weighted by atomic mass is 31.2. The standard InChI is InChI=1S/C25H41F2O5P/c1-8-9-10-11-12-13-17-29-20-15-16-21(23(27)22(20)26)30-18-14-19-33(28,31-24(2,3)4)32-25(5,6)7/h8,15-16H,1,9-14,17-19H2,2-7H3. The van der Waals surface area contributed by atoms with Gasteiger partial charge in [0.15, 0.2) is 11.5 Å². The van der Waals surface area contributed by atoms with E-state index in [1.165, 1.54) is 12.1 Å². The Morgan fingerprint density at radius 1 is 0.818 bits per heavy atom. The second kappa shape index (κ2) is 13.5. The third-order valence-electron chi connectivity index (χ3n) is 4.23. The van der Waals surface area contributed by atoms with Gasteiger partial charge in [-0.2, -0.15) is 8.78 Å². The number of hydrogen-bond donors (Lipinski definition) is 0. The van der Waals surface area contributed by atoms with Gasteiger partial charge in [-0.05, 0) is 79.4 Å². The summed E-state index contributed by atoms with van der Waals surface area (Å²) in [5, 5.41) is 0. The van der Waals surface area contributed by atoms with Crippen LogP contribution < -0.4 is 9.47 Å². The number of allylic oxidation sites excluding steroid dienone is 1. The first-order chi connectivity index (χ1) is 15.3. The molecule has 190 valence electrons. The van der Waals surface area contributed by atoms with Crippen molar-refractivity contribution in [1.82, 2.24) is 0 Å². The summed E-state index contributed by atoms with van der Waals surface area (Å²) in [6, 6.07) is 2.70. The van der Waals surface area contributed by atoms with Crippen LogP contribution in [0.25, 0.3) is 0 Å². The Balaban J connectivity index is 2.57. The van der Waals surface area contributed by atoms with Crippen LogP contribution >= 0.6 is 7.60 Å². The Bertz CT molecular complexity index is 764. The van der Waals surface area contributed by atoms with Crippen LogP contribution in [-0.4, -0.2) is 30.6 Å². The Labute approximate surface area is 198 Å². The molecule has 1 rings (SSSR count). The van der Waals surface area contributed by atoms with Gasteiger partial charge in [-0.15, -0.1) is 6.58 Å². The number of benzene rings is 1. The summed E-state index contributed by atoms with van der Waals surface area (Å²) in [5.74, 6) is -2.52. The monoisotopic (exact) mass is 490 g/mol. The zero-order valence-electron chi connectivity index (χ0n) is 21.0. The first kappa shape index (κ1) is 29.6. The molecule has 0 aromatic heterocycles. The number of unbranched alkanes of at least 4 members (excludes halogenated alkanes) is 4. The minimum atomic E-state index is -3.41. The van der Waals surface area contributed by atoms with E-state index in [-0.39, 0.29) is 30.7 Å². The lowest BCUT2D eigenvalue weighted by molar-refractivity contribution is 0.0487. The molecule has 0 radical (unpaired) electrons. The molecule has 5 nitrogen and oxygen atoms in total. The Morgan fingerprint density at radius 2 is 1.27 bits per heavy atom. The van der Waals surface area contributed by atoms with Crippen molar-refractivity contribution < 1.29 is 31.9 Å². The van der Waals surface area contributed by atoms with E-state index in [0.717, 1.165) is 32.1 Å². The highest BCUT2D eigenvalue weighted by molar-refractivity contribution is 7.53. The van der Waals surface area contributed by atoms with Gasteiger partial charge in [0.1, 0.15) is 0 Å². The third kappa shape index (κ3) is 12.6. The molecule has 0 atom stereocenters. The predicted octanol–water partition coefficient (Wildman–Crippen LogP) is 8.07. The van der Waals surface area contributed by atoms with Crippen molar-refractivity contribution in [3.05, 3.63) is 36.4 Å². The zero-order valence-corrected chi connectivity index (χ0v) is 21.9. The van der Waals surface area contributed by atoms with Crippen molar-refractivity contribution in [2.75, 3.05) is 19.4 Å². The highest BCUT2D eigenvalue weighted by Gasteiger charge is 2.34. The molecule has 0 N–H and O–H groups in total. The lowest BCUT2D eigenvalue weighted by Crippen LogP contribution is -2.25. The van der Waals surface area contributed by atoms with Gasteiger partial charge in [0, 0.05) is 0 Å². The molecule has 0 unspecified atom stereocenters. The van der Waals surface area contributed by atoms with Crippen molar-refractivity contribution in [1.29, 1.82) is 0 Å². The first-order valence-corrected chi connectivity index (χ1v) is 13.3. The maximum atomic E-state index is 14.4. The molecule has 33 heavy (non-hydrogen) atoms. The second-order valence-electron chi connectivity index (χ2n) is 9.97. The summed E-state index contributed by atoms with van der Waals surface area (Å²) in [7, 11) is -3.41. The lowest BCUT2D eigenvalue weighted by atomic mass is 10.1. The van der Waals surface area contributed by atoms with E-state index < -0.39 is 30.4 Å². The van der Waals surface area contributed by atoms with Crippen LogP contribution in [0.5, 0.6) is 11.5 Å². The fraction of sp³-hybridized carbons (Fsp3) is 0.680. The second-order valence-corrected chi connectivity index (χ2v) is 12.0. The summed E-state index contributed by atoms with van der Waals surface area (Å²) >= 11 is 0. The van der Waals surface area contributed by atoms with E-state index in [1.54, 1.807) is 41.5 Å². The quantitative estimate of drug-likeness (QED) is 0.141. The van der Waals surface area contributed by atoms with Gasteiger partial charge in [-0.25, -0.2) is 0 Å². The van der Waals surface area contributed by atoms with Gasteiger partial charge in [-0.3, -0.25) is 4.57 Å². The predicted molar refractivity (Wildman–Crippen MR) is 129 cm³/mol. The number of ether oxygens (including phenoxy) is 2. The van der Waals surface area contributed by atoms with Crippen molar-refractivity contribution >= 4 is 7.60 Å². The molecular weight excluding hydrogens is 449 g/mol. The van der Waals surface area contributed by atoms with E-state index in [1.807, 2.05) is 6.08 Å². The normalized spacial score (nSPS) is 12.6. The molecule has 0 bridgehead atoms. The van der Waals surface area contributed by atoms with Gasteiger partial charge in [-0.1, -0.05) is 18.9 Å². The summed E-state index contributed by atoms with van der Waals surface area (Å²) in [6.45, 7) is 14.8. The van der Waals surface area contributed by atoms with E-state index >= 15 is 0 Å². The third-order valence-corrected chi connectivity index (χ3v) is 6.75. The lowest BCUT2D eigenvalue weighted by Gasteiger charge is -2.32. The molecule has 0 aliphatic carbocycles. The van der Waals surface area contributed by atoms with E-state index in [2.05, 4.69) is 6.58 Å². The fourth-order valence-corrected chi connectivity index (χ4v) is 5.45. The Morgan fingerprint density at radius 3 is 1.73 bits per heavy atom. The summed E-state index contributed by atoms with van der Waals surface area (Å²) in [4.78, 5) is 0. The molecule has 0 saturated carbocycles. The van der Waals surface area contributed by atoms with E-state index in [9.17, 15) is 13.3 Å². The zero-order chi connectivity index (χ0) is 25.1. The summed E-state index contributed by atoms with van der Waals surface area (Å²) < 4.78 is 64.1. The Hall–Kier alpha value is -1.43. The largest absolute Gasteiger partial charge is 0.490 e. The van der Waals surface area contributed by atoms with Gasteiger partial charge in [0.25, 0.3) is 0 Å². The van der Waals surface area contributed by atoms with E-state index in [0.29, 0.717) is 6.61 Å². The fourth-order valence-electron chi connectivity index (χ4n) is 3.05. The minimum absolute atomic E-state index is 0.0340. The molecule has 0 heterocycles. The van der Waals surface area contributed by atoms with Gasteiger partial charge in [0.05, 0.1) is 30.6 Å². The van der Waals surface area contributed by atoms with Crippen LogP contribution in [0.2, 0.25) is 0 Å². The molecule has 0 saturated heterocycles. The number of rotatable bonds is 15. The highest BCUT2D eigenvalue weighted by Crippen LogP contribution is 2.54. The summed E-state index contributed by atoms with van der Waals surface area (Å²) in [6.07, 6.45) is 7.09. The molecule has 8 heteroatoms. The molecule has 0 aliphatic rings. The molecule has 1 aromatic rings. The van der Waals surface area contributed by atoms with Gasteiger partial charge >= 0.3 is 7.60 Å². The van der Waals surface area contributed by atoms with Crippen LogP contribution in [0.3, 0.4) is 0 Å². The van der Waals surface area contributed by atoms with Gasteiger partial charge in [0.2, 0.25) is 11.6 Å². The average Bonchev–Trinajstić information content (AvgIpc) is 2.66. The first-order valence-electron chi connectivity index (χ1n) is 11.6. The van der Waals surface area contributed by atoms with Gasteiger partial charge < -0.3 is 18.5 Å². The maximum absolute atomic E-state index is 14.4. The van der Waals surface area contributed by atoms with Crippen LogP contribution in [0.15, 0.2) is 24.8 Å². The molecule has 0 fully saturated rings. The van der Waals surface area contributed by atoms with E-state index in [4.69, 9.17) is 18.5 Å².